The van der Waals surface area contributed by atoms with Gasteiger partial charge < -0.3 is 25.6 Å². The number of rotatable bonds is 7. The summed E-state index contributed by atoms with van der Waals surface area (Å²) in [6.45, 7) is 2.34. The van der Waals surface area contributed by atoms with Crippen molar-refractivity contribution in [1.29, 1.82) is 0 Å². The molecular weight excluding hydrogens is 384 g/mol. The Labute approximate surface area is 176 Å². The predicted octanol–water partition coefficient (Wildman–Crippen LogP) is 1.80. The second-order valence-corrected chi connectivity index (χ2v) is 8.06. The van der Waals surface area contributed by atoms with Crippen molar-refractivity contribution in [1.82, 2.24) is 30.4 Å². The number of ether oxygens (including phenoxy) is 1. The van der Waals surface area contributed by atoms with Gasteiger partial charge in [-0.3, -0.25) is 9.89 Å². The first kappa shape index (κ1) is 20.4. The fourth-order valence-corrected chi connectivity index (χ4v) is 4.60. The monoisotopic (exact) mass is 414 g/mol. The molecule has 1 unspecified atom stereocenters. The molecule has 2 fully saturated rings. The molecule has 2 saturated heterocycles. The number of aryl methyl sites for hydroxylation is 1. The molecule has 2 bridgehead atoms. The molecule has 3 atom stereocenters. The minimum Gasteiger partial charge on any atom is -0.481 e. The molecule has 0 spiro atoms. The van der Waals surface area contributed by atoms with Crippen molar-refractivity contribution in [2.45, 2.75) is 57.2 Å². The van der Waals surface area contributed by atoms with Gasteiger partial charge in [0, 0.05) is 36.0 Å². The van der Waals surface area contributed by atoms with Gasteiger partial charge in [-0.05, 0) is 46.1 Å². The molecule has 0 radical (unpaired) electrons. The van der Waals surface area contributed by atoms with Crippen LogP contribution in [0.25, 0.3) is 0 Å². The minimum absolute atomic E-state index is 0.198. The molecule has 0 aromatic carbocycles. The fraction of sp³-hybridized carbons (Fsp3) is 0.600. The zero-order valence-corrected chi connectivity index (χ0v) is 17.7. The molecule has 0 aliphatic carbocycles. The summed E-state index contributed by atoms with van der Waals surface area (Å²) >= 11 is 0. The summed E-state index contributed by atoms with van der Waals surface area (Å²) in [5.74, 6) is 2.48. The maximum Gasteiger partial charge on any atom is 0.237 e. The molecule has 162 valence electrons. The van der Waals surface area contributed by atoms with Gasteiger partial charge in [0.25, 0.3) is 0 Å². The summed E-state index contributed by atoms with van der Waals surface area (Å²) in [6, 6.07) is 4.40. The maximum absolute atomic E-state index is 12.6. The Kier molecular flexibility index (Phi) is 6.03. The van der Waals surface area contributed by atoms with E-state index in [-0.39, 0.29) is 24.0 Å². The number of nitrogens with one attached hydrogen (secondary N) is 4. The summed E-state index contributed by atoms with van der Waals surface area (Å²) in [7, 11) is 3.41. The Morgan fingerprint density at radius 3 is 2.63 bits per heavy atom. The Hall–Kier alpha value is -2.88. The third-order valence-electron chi connectivity index (χ3n) is 5.80. The quantitative estimate of drug-likeness (QED) is 0.541. The molecule has 4 heterocycles. The van der Waals surface area contributed by atoms with Crippen molar-refractivity contribution < 1.29 is 9.53 Å². The number of fused-ring (bicyclic) bond motifs is 2. The lowest BCUT2D eigenvalue weighted by Crippen LogP contribution is -2.58. The number of amides is 1. The number of likely N-dealkylation sites (N-methyl/N-ethyl adjacent to an activating group) is 1. The van der Waals surface area contributed by atoms with Crippen LogP contribution in [0.5, 0.6) is 5.88 Å². The van der Waals surface area contributed by atoms with Gasteiger partial charge in [-0.25, -0.2) is 0 Å². The number of aromatic nitrogens is 4. The van der Waals surface area contributed by atoms with Crippen LogP contribution in [-0.2, 0) is 4.79 Å². The van der Waals surface area contributed by atoms with Crippen LogP contribution in [0, 0.1) is 6.92 Å². The molecule has 2 aliphatic heterocycles. The van der Waals surface area contributed by atoms with E-state index in [1.807, 2.05) is 20.0 Å². The molecule has 0 saturated carbocycles. The number of carbonyl (C=O) groups excluding carboxylic acids is 1. The SMILES string of the molecule is CNCC(=O)N1[C@@H]2CCC[C@H]1CC(Nc1nc(Nc3cc(C)[nH]n3)cc(OC)n1)C2. The average molecular weight is 415 g/mol. The van der Waals surface area contributed by atoms with E-state index in [9.17, 15) is 4.79 Å². The molecule has 10 heteroatoms. The lowest BCUT2D eigenvalue weighted by atomic mass is 9.81. The Morgan fingerprint density at radius 1 is 1.23 bits per heavy atom. The van der Waals surface area contributed by atoms with Gasteiger partial charge >= 0.3 is 0 Å². The van der Waals surface area contributed by atoms with Gasteiger partial charge in [0.2, 0.25) is 17.7 Å². The normalized spacial score (nSPS) is 23.2. The van der Waals surface area contributed by atoms with E-state index >= 15 is 0 Å². The van der Waals surface area contributed by atoms with Gasteiger partial charge in [0.15, 0.2) is 5.82 Å². The van der Waals surface area contributed by atoms with Crippen LogP contribution in [0.15, 0.2) is 12.1 Å². The van der Waals surface area contributed by atoms with Gasteiger partial charge in [0.05, 0.1) is 13.7 Å². The standard InChI is InChI=1S/C20H30N8O2/c1-12-7-17(27-26-12)23-16-10-18(30-3)25-20(24-16)22-13-8-14-5-4-6-15(9-13)28(14)19(29)11-21-2/h7,10,13-15,21H,4-6,8-9,11H2,1-3H3,(H3,22,23,24,25,26,27)/t13?,14-,15+. The average Bonchev–Trinajstić information content (AvgIpc) is 3.11. The lowest BCUT2D eigenvalue weighted by molar-refractivity contribution is -0.139. The van der Waals surface area contributed by atoms with Crippen molar-refractivity contribution in [3.63, 3.8) is 0 Å². The third kappa shape index (κ3) is 4.48. The predicted molar refractivity (Wildman–Crippen MR) is 114 cm³/mol. The zero-order valence-electron chi connectivity index (χ0n) is 17.7. The van der Waals surface area contributed by atoms with Crippen molar-refractivity contribution >= 4 is 23.5 Å². The summed E-state index contributed by atoms with van der Waals surface area (Å²) in [5.41, 5.74) is 0.961. The van der Waals surface area contributed by atoms with Crippen molar-refractivity contribution in [3.8, 4) is 5.88 Å². The molecule has 2 aromatic heterocycles. The number of nitrogens with zero attached hydrogens (tertiary/aromatic N) is 4. The number of methoxy groups -OCH3 is 1. The Morgan fingerprint density at radius 2 is 2.00 bits per heavy atom. The molecule has 30 heavy (non-hydrogen) atoms. The van der Waals surface area contributed by atoms with E-state index in [1.54, 1.807) is 13.2 Å². The largest absolute Gasteiger partial charge is 0.481 e. The summed E-state index contributed by atoms with van der Waals surface area (Å²) in [6.07, 6.45) is 5.07. The number of piperidine rings is 2. The molecule has 2 aliphatic rings. The topological polar surface area (TPSA) is 120 Å². The van der Waals surface area contributed by atoms with Crippen molar-refractivity contribution in [2.75, 3.05) is 31.3 Å². The van der Waals surface area contributed by atoms with Gasteiger partial charge in [0.1, 0.15) is 5.82 Å². The van der Waals surface area contributed by atoms with Crippen LogP contribution in [0.1, 0.15) is 37.8 Å². The maximum atomic E-state index is 12.6. The molecular formula is C20H30N8O2. The van der Waals surface area contributed by atoms with Gasteiger partial charge in [-0.2, -0.15) is 15.1 Å². The first-order chi connectivity index (χ1) is 14.6. The van der Waals surface area contributed by atoms with Crippen molar-refractivity contribution in [3.05, 3.63) is 17.8 Å². The van der Waals surface area contributed by atoms with Crippen LogP contribution >= 0.6 is 0 Å². The van der Waals surface area contributed by atoms with Crippen LogP contribution in [0.2, 0.25) is 0 Å². The minimum atomic E-state index is 0.198. The fourth-order valence-electron chi connectivity index (χ4n) is 4.60. The summed E-state index contributed by atoms with van der Waals surface area (Å²) in [4.78, 5) is 23.7. The molecule has 4 rings (SSSR count). The highest BCUT2D eigenvalue weighted by atomic mass is 16.5. The van der Waals surface area contributed by atoms with E-state index in [4.69, 9.17) is 4.74 Å². The smallest absolute Gasteiger partial charge is 0.237 e. The Balaban J connectivity index is 1.47. The van der Waals surface area contributed by atoms with E-state index in [1.165, 1.54) is 6.42 Å². The van der Waals surface area contributed by atoms with E-state index in [0.717, 1.165) is 31.4 Å². The molecule has 4 N–H and O–H groups in total. The lowest BCUT2D eigenvalue weighted by Gasteiger charge is -2.49. The number of H-pyrrole nitrogens is 1. The number of hydrogen-bond acceptors (Lipinski definition) is 8. The second-order valence-electron chi connectivity index (χ2n) is 8.06. The van der Waals surface area contributed by atoms with E-state index < -0.39 is 0 Å². The van der Waals surface area contributed by atoms with E-state index in [2.05, 4.69) is 41.0 Å². The number of hydrogen-bond donors (Lipinski definition) is 4. The first-order valence-corrected chi connectivity index (χ1v) is 10.5. The number of carbonyl (C=O) groups is 1. The Bertz CT molecular complexity index is 871. The third-order valence-corrected chi connectivity index (χ3v) is 5.80. The van der Waals surface area contributed by atoms with Crippen LogP contribution in [-0.4, -0.2) is 69.8 Å². The first-order valence-electron chi connectivity index (χ1n) is 10.5. The number of anilines is 3. The van der Waals surface area contributed by atoms with Crippen molar-refractivity contribution in [2.24, 2.45) is 0 Å². The van der Waals surface area contributed by atoms with E-state index in [0.29, 0.717) is 30.0 Å². The highest BCUT2D eigenvalue weighted by Gasteiger charge is 2.40. The van der Waals surface area contributed by atoms with Gasteiger partial charge in [-0.15, -0.1) is 0 Å². The summed E-state index contributed by atoms with van der Waals surface area (Å²) < 4.78 is 5.36. The zero-order chi connectivity index (χ0) is 21.1. The number of aromatic amines is 1. The van der Waals surface area contributed by atoms with Crippen LogP contribution in [0.4, 0.5) is 17.6 Å². The molecule has 10 nitrogen and oxygen atoms in total. The van der Waals surface area contributed by atoms with Gasteiger partial charge in [-0.1, -0.05) is 0 Å². The highest BCUT2D eigenvalue weighted by Crippen LogP contribution is 2.35. The molecule has 1 amide bonds. The summed E-state index contributed by atoms with van der Waals surface area (Å²) in [5, 5.41) is 16.7. The van der Waals surface area contributed by atoms with Crippen LogP contribution in [0.3, 0.4) is 0 Å². The second kappa shape index (κ2) is 8.86. The van der Waals surface area contributed by atoms with Crippen LogP contribution < -0.4 is 20.7 Å². The molecule has 2 aromatic rings. The highest BCUT2D eigenvalue weighted by molar-refractivity contribution is 5.79.